The molecule has 1 unspecified atom stereocenters. The lowest BCUT2D eigenvalue weighted by atomic mass is 9.71. The standard InChI is InChI=1S/C50H55N11O6/c1-49(67)18-3-2-4-23-59-45(64)38-31-51-48(55-43(38)61(59)41-7-5-6-40(49)53-41)52-32-8-10-33(11-9-32)57-26-19-50(20-27-57)21-28-58(29-22-50)34-16-24-56(25-17-34)35-12-13-36-37(30-35)47(66)60(46(36)65)39-14-15-42(62)54-44(39)63/h2,4-13,30-31,34,39,67H,3,14-29H2,1H3,(H,51,52,55)(H,54,62,63)/b4-2-/t39?,49-/m1/s1. The molecule has 4 fully saturated rings. The third-order valence-corrected chi connectivity index (χ3v) is 15.4. The van der Waals surface area contributed by atoms with Crippen molar-refractivity contribution < 1.29 is 24.3 Å². The summed E-state index contributed by atoms with van der Waals surface area (Å²) in [7, 11) is 0. The average Bonchev–Trinajstić information content (AvgIpc) is 3.75. The van der Waals surface area contributed by atoms with Crippen molar-refractivity contribution in [3.05, 3.63) is 106 Å². The minimum Gasteiger partial charge on any atom is -0.384 e. The highest BCUT2D eigenvalue weighted by molar-refractivity contribution is 6.23. The number of piperidine rings is 4. The molecule has 0 saturated carbocycles. The number of fused-ring (bicyclic) bond motifs is 7. The Kier molecular flexibility index (Phi) is 10.8. The first-order valence-corrected chi connectivity index (χ1v) is 23.7. The van der Waals surface area contributed by atoms with Crippen LogP contribution in [0.25, 0.3) is 16.9 Å². The largest absolute Gasteiger partial charge is 0.384 e. The van der Waals surface area contributed by atoms with Crippen molar-refractivity contribution >= 4 is 57.7 Å². The zero-order valence-corrected chi connectivity index (χ0v) is 37.7. The fraction of sp³-hybridized carbons (Fsp3) is 0.440. The van der Waals surface area contributed by atoms with Crippen LogP contribution >= 0.6 is 0 Å². The number of rotatable bonds is 6. The van der Waals surface area contributed by atoms with Gasteiger partial charge in [0.25, 0.3) is 17.4 Å². The van der Waals surface area contributed by atoms with Gasteiger partial charge in [0.1, 0.15) is 17.0 Å². The number of anilines is 4. The molecule has 6 aliphatic heterocycles. The first-order valence-electron chi connectivity index (χ1n) is 23.7. The summed E-state index contributed by atoms with van der Waals surface area (Å²) in [6.07, 6.45) is 13.7. The highest BCUT2D eigenvalue weighted by Crippen LogP contribution is 2.43. The molecule has 67 heavy (non-hydrogen) atoms. The lowest BCUT2D eigenvalue weighted by Gasteiger charge is -2.50. The van der Waals surface area contributed by atoms with E-state index in [1.807, 2.05) is 48.6 Å². The smallest absolute Gasteiger partial charge is 0.278 e. The van der Waals surface area contributed by atoms with E-state index in [1.54, 1.807) is 34.6 Å². The SMILES string of the molecule is C[C@@]1(O)CC/C=C\Cn2c(=O)c3cnc(Nc4ccc(N5CCC6(CC5)CCN(C5CCN(c7ccc8c(c7)C(=O)N(C7CCC(=O)NC7=O)C8=O)CC5)CC6)cc4)nc3n2-c2cccc1n2. The van der Waals surface area contributed by atoms with Gasteiger partial charge in [-0.15, -0.1) is 0 Å². The predicted molar refractivity (Wildman–Crippen MR) is 252 cm³/mol. The molecule has 4 saturated heterocycles. The van der Waals surface area contributed by atoms with Gasteiger partial charge in [-0.25, -0.2) is 19.3 Å². The molecule has 5 aromatic rings. The maximum absolute atomic E-state index is 13.6. The maximum atomic E-state index is 13.6. The number of hydrogen-bond donors (Lipinski definition) is 3. The van der Waals surface area contributed by atoms with E-state index in [2.05, 4.69) is 42.5 Å². The molecule has 11 rings (SSSR count). The van der Waals surface area contributed by atoms with Crippen molar-refractivity contribution in [1.29, 1.82) is 0 Å². The van der Waals surface area contributed by atoms with Crippen LogP contribution < -0.4 is 26.0 Å². The summed E-state index contributed by atoms with van der Waals surface area (Å²) < 4.78 is 3.33. The second-order valence-corrected chi connectivity index (χ2v) is 19.4. The Hall–Kier alpha value is -6.72. The lowest BCUT2D eigenvalue weighted by molar-refractivity contribution is -0.136. The number of nitrogens with zero attached hydrogens (tertiary/aromatic N) is 9. The van der Waals surface area contributed by atoms with Crippen molar-refractivity contribution in [3.63, 3.8) is 0 Å². The average molecular weight is 906 g/mol. The number of benzene rings is 2. The molecule has 0 aliphatic carbocycles. The number of pyridine rings is 1. The van der Waals surface area contributed by atoms with Crippen molar-refractivity contribution in [1.82, 2.24) is 39.4 Å². The number of hydrogen-bond acceptors (Lipinski definition) is 13. The molecule has 2 bridgehead atoms. The molecular formula is C50H55N11O6. The fourth-order valence-electron chi connectivity index (χ4n) is 11.2. The van der Waals surface area contributed by atoms with Gasteiger partial charge >= 0.3 is 0 Å². The van der Waals surface area contributed by atoms with Crippen molar-refractivity contribution in [2.24, 2.45) is 5.41 Å². The molecule has 9 heterocycles. The van der Waals surface area contributed by atoms with Crippen LogP contribution in [0, 0.1) is 5.41 Å². The Balaban J connectivity index is 0.680. The molecule has 346 valence electrons. The Labute approximate surface area is 387 Å². The Morgan fingerprint density at radius 2 is 1.48 bits per heavy atom. The van der Waals surface area contributed by atoms with E-state index < -0.39 is 29.4 Å². The monoisotopic (exact) mass is 905 g/mol. The summed E-state index contributed by atoms with van der Waals surface area (Å²) in [6, 6.07) is 18.8. The maximum Gasteiger partial charge on any atom is 0.278 e. The minimum absolute atomic E-state index is 0.0965. The first kappa shape index (κ1) is 42.9. The van der Waals surface area contributed by atoms with Crippen LogP contribution in [0.2, 0.25) is 0 Å². The van der Waals surface area contributed by atoms with Gasteiger partial charge in [0.05, 0.1) is 23.4 Å². The summed E-state index contributed by atoms with van der Waals surface area (Å²) in [5, 5.41) is 17.2. The molecule has 6 aliphatic rings. The Morgan fingerprint density at radius 3 is 2.24 bits per heavy atom. The van der Waals surface area contributed by atoms with E-state index in [1.165, 1.54) is 31.4 Å². The molecule has 17 nitrogen and oxygen atoms in total. The number of carbonyl (C=O) groups is 4. The second kappa shape index (κ2) is 16.9. The number of amides is 4. The number of aromatic nitrogens is 5. The molecular weight excluding hydrogens is 851 g/mol. The quantitative estimate of drug-likeness (QED) is 0.152. The van der Waals surface area contributed by atoms with Gasteiger partial charge < -0.3 is 25.1 Å². The van der Waals surface area contributed by atoms with Crippen molar-refractivity contribution in [3.8, 4) is 5.82 Å². The van der Waals surface area contributed by atoms with E-state index in [0.29, 0.717) is 70.5 Å². The molecule has 2 atom stereocenters. The van der Waals surface area contributed by atoms with E-state index in [4.69, 9.17) is 9.97 Å². The third-order valence-electron chi connectivity index (χ3n) is 15.4. The predicted octanol–water partition coefficient (Wildman–Crippen LogP) is 5.03. The van der Waals surface area contributed by atoms with Crippen LogP contribution in [0.5, 0.6) is 0 Å². The van der Waals surface area contributed by atoms with Crippen molar-refractivity contribution in [2.75, 3.05) is 54.4 Å². The van der Waals surface area contributed by atoms with Gasteiger partial charge in [-0.2, -0.15) is 4.98 Å². The summed E-state index contributed by atoms with van der Waals surface area (Å²) in [5.41, 5.74) is 3.57. The zero-order valence-electron chi connectivity index (χ0n) is 37.7. The van der Waals surface area contributed by atoms with Gasteiger partial charge in [0.2, 0.25) is 17.8 Å². The van der Waals surface area contributed by atoms with Crippen LogP contribution in [0.3, 0.4) is 0 Å². The minimum atomic E-state index is -1.12. The number of carbonyl (C=O) groups excluding carboxylic acids is 4. The summed E-state index contributed by atoms with van der Waals surface area (Å²) in [5.74, 6) is -1.07. The Morgan fingerprint density at radius 1 is 0.761 bits per heavy atom. The van der Waals surface area contributed by atoms with E-state index in [-0.39, 0.29) is 24.3 Å². The summed E-state index contributed by atoms with van der Waals surface area (Å²) in [4.78, 5) is 87.1. The second-order valence-electron chi connectivity index (χ2n) is 19.4. The van der Waals surface area contributed by atoms with Crippen LogP contribution in [0.4, 0.5) is 23.0 Å². The third kappa shape index (κ3) is 7.86. The molecule has 2 aromatic carbocycles. The number of nitrogens with one attached hydrogen (secondary N) is 2. The van der Waals surface area contributed by atoms with Gasteiger partial charge in [-0.3, -0.25) is 34.2 Å². The van der Waals surface area contributed by atoms with Gasteiger partial charge in [0.15, 0.2) is 11.5 Å². The zero-order chi connectivity index (χ0) is 46.0. The summed E-state index contributed by atoms with van der Waals surface area (Å²) in [6.45, 7) is 8.06. The molecule has 3 N–H and O–H groups in total. The van der Waals surface area contributed by atoms with E-state index in [9.17, 15) is 29.1 Å². The van der Waals surface area contributed by atoms with E-state index in [0.717, 1.165) is 68.4 Å². The van der Waals surface area contributed by atoms with Crippen molar-refractivity contribution in [2.45, 2.75) is 95.4 Å². The van der Waals surface area contributed by atoms with E-state index >= 15 is 0 Å². The number of likely N-dealkylation sites (tertiary alicyclic amines) is 1. The normalized spacial score (nSPS) is 24.1. The molecule has 3 aromatic heterocycles. The first-order chi connectivity index (χ1) is 32.4. The molecule has 1 spiro atoms. The van der Waals surface area contributed by atoms with Crippen LogP contribution in [0.1, 0.15) is 97.5 Å². The highest BCUT2D eigenvalue weighted by atomic mass is 16.3. The van der Waals surface area contributed by atoms with Crippen LogP contribution in [-0.2, 0) is 21.7 Å². The molecule has 17 heteroatoms. The highest BCUT2D eigenvalue weighted by Gasteiger charge is 2.45. The lowest BCUT2D eigenvalue weighted by Crippen LogP contribution is -2.54. The van der Waals surface area contributed by atoms with Gasteiger partial charge in [-0.1, -0.05) is 18.2 Å². The number of imide groups is 2. The summed E-state index contributed by atoms with van der Waals surface area (Å²) >= 11 is 0. The molecule has 4 amide bonds. The van der Waals surface area contributed by atoms with Crippen LogP contribution in [0.15, 0.2) is 83.8 Å². The topological polar surface area (TPSA) is 191 Å². The fourth-order valence-corrected chi connectivity index (χ4v) is 11.2. The molecule has 0 radical (unpaired) electrons. The van der Waals surface area contributed by atoms with Gasteiger partial charge in [-0.05, 0) is 138 Å². The Bertz CT molecular complexity index is 2880. The van der Waals surface area contributed by atoms with Crippen LogP contribution in [-0.4, -0.2) is 114 Å². The van der Waals surface area contributed by atoms with Gasteiger partial charge in [0, 0.05) is 61.9 Å². The number of aliphatic hydroxyl groups is 1. The number of allylic oxidation sites excluding steroid dienone is 2.